The van der Waals surface area contributed by atoms with E-state index in [1.807, 2.05) is 0 Å². The molecule has 4 nitrogen and oxygen atoms in total. The molecule has 0 bridgehead atoms. The smallest absolute Gasteiger partial charge is 0.129 e. The molecule has 1 aromatic carbocycles. The summed E-state index contributed by atoms with van der Waals surface area (Å²) < 4.78 is 33.7. The normalized spacial score (nSPS) is 35.6. The van der Waals surface area contributed by atoms with Crippen molar-refractivity contribution in [3.8, 4) is 0 Å². The first-order valence-corrected chi connectivity index (χ1v) is 10.3. The minimum atomic E-state index is -0.575. The average molecular weight is 379 g/mol. The van der Waals surface area contributed by atoms with E-state index >= 15 is 0 Å². The molecule has 150 valence electrons. The molecular formula is C21H31F2N3O. The number of piperidine rings is 1. The Hall–Kier alpha value is -1.08. The van der Waals surface area contributed by atoms with Crippen molar-refractivity contribution in [2.45, 2.75) is 63.4 Å². The van der Waals surface area contributed by atoms with Crippen LogP contribution in [0.2, 0.25) is 0 Å². The van der Waals surface area contributed by atoms with Crippen LogP contribution in [0, 0.1) is 17.6 Å². The lowest BCUT2D eigenvalue weighted by molar-refractivity contribution is -0.0484. The van der Waals surface area contributed by atoms with Crippen LogP contribution in [0.4, 0.5) is 8.78 Å². The second-order valence-corrected chi connectivity index (χ2v) is 8.73. The average Bonchev–Trinajstić information content (AvgIpc) is 3.08. The second-order valence-electron chi connectivity index (χ2n) is 8.73. The van der Waals surface area contributed by atoms with Crippen molar-refractivity contribution >= 4 is 0 Å². The van der Waals surface area contributed by atoms with Gasteiger partial charge in [-0.3, -0.25) is 9.80 Å². The molecule has 0 aliphatic carbocycles. The molecule has 0 aromatic heterocycles. The third kappa shape index (κ3) is 3.77. The molecule has 3 aliphatic rings. The number of hydrogen-bond donors (Lipinski definition) is 1. The molecule has 6 heteroatoms. The van der Waals surface area contributed by atoms with Crippen LogP contribution < -0.4 is 5.73 Å². The number of fused-ring (bicyclic) bond motifs is 1. The molecule has 0 spiro atoms. The van der Waals surface area contributed by atoms with Gasteiger partial charge >= 0.3 is 0 Å². The molecule has 5 unspecified atom stereocenters. The Morgan fingerprint density at radius 3 is 2.78 bits per heavy atom. The number of nitrogens with two attached hydrogens (primary N) is 1. The Morgan fingerprint density at radius 1 is 1.22 bits per heavy atom. The van der Waals surface area contributed by atoms with Crippen molar-refractivity contribution in [1.82, 2.24) is 9.80 Å². The quantitative estimate of drug-likeness (QED) is 0.877. The van der Waals surface area contributed by atoms with Crippen LogP contribution >= 0.6 is 0 Å². The van der Waals surface area contributed by atoms with Crippen LogP contribution in [0.1, 0.15) is 44.8 Å². The fourth-order valence-corrected chi connectivity index (χ4v) is 5.34. The van der Waals surface area contributed by atoms with Crippen molar-refractivity contribution in [3.63, 3.8) is 0 Å². The van der Waals surface area contributed by atoms with Gasteiger partial charge in [-0.2, -0.15) is 0 Å². The highest BCUT2D eigenvalue weighted by Crippen LogP contribution is 2.36. The van der Waals surface area contributed by atoms with Crippen LogP contribution in [-0.2, 0) is 4.74 Å². The Labute approximate surface area is 160 Å². The summed E-state index contributed by atoms with van der Waals surface area (Å²) in [4.78, 5) is 5.16. The van der Waals surface area contributed by atoms with Gasteiger partial charge < -0.3 is 10.5 Å². The molecule has 3 aliphatic heterocycles. The molecule has 0 saturated carbocycles. The number of benzene rings is 1. The van der Waals surface area contributed by atoms with Crippen LogP contribution in [0.25, 0.3) is 0 Å². The maximum atomic E-state index is 14.1. The molecule has 27 heavy (non-hydrogen) atoms. The highest BCUT2D eigenvalue weighted by molar-refractivity contribution is 5.23. The number of nitrogens with zero attached hydrogens (tertiary/aromatic N) is 2. The molecule has 0 amide bonds. The van der Waals surface area contributed by atoms with Gasteiger partial charge in [0.2, 0.25) is 0 Å². The first kappa shape index (κ1) is 19.2. The fraction of sp³-hybridized carbons (Fsp3) is 0.714. The predicted octanol–water partition coefficient (Wildman–Crippen LogP) is 2.93. The first-order chi connectivity index (χ1) is 12.9. The molecular weight excluding hydrogens is 348 g/mol. The van der Waals surface area contributed by atoms with E-state index in [-0.39, 0.29) is 17.6 Å². The second kappa shape index (κ2) is 7.74. The number of ether oxygens (including phenoxy) is 1. The minimum absolute atomic E-state index is 0.238. The maximum Gasteiger partial charge on any atom is 0.129 e. The summed E-state index contributed by atoms with van der Waals surface area (Å²) in [7, 11) is 0. The van der Waals surface area contributed by atoms with Gasteiger partial charge in [0.25, 0.3) is 0 Å². The van der Waals surface area contributed by atoms with E-state index < -0.39 is 17.7 Å². The predicted molar refractivity (Wildman–Crippen MR) is 101 cm³/mol. The highest BCUT2D eigenvalue weighted by atomic mass is 19.1. The molecule has 3 saturated heterocycles. The maximum absolute atomic E-state index is 14.1. The van der Waals surface area contributed by atoms with E-state index in [0.717, 1.165) is 37.6 Å². The minimum Gasteiger partial charge on any atom is -0.370 e. The van der Waals surface area contributed by atoms with Crippen LogP contribution in [0.5, 0.6) is 0 Å². The summed E-state index contributed by atoms with van der Waals surface area (Å²) in [5, 5.41) is 0. The summed E-state index contributed by atoms with van der Waals surface area (Å²) >= 11 is 0. The molecule has 1 aromatic rings. The van der Waals surface area contributed by atoms with E-state index in [1.54, 1.807) is 0 Å². The van der Waals surface area contributed by atoms with Gasteiger partial charge in [0.1, 0.15) is 17.7 Å². The third-order valence-electron chi connectivity index (χ3n) is 6.70. The van der Waals surface area contributed by atoms with Gasteiger partial charge in [0.15, 0.2) is 0 Å². The number of hydrogen-bond acceptors (Lipinski definition) is 4. The van der Waals surface area contributed by atoms with Crippen molar-refractivity contribution in [1.29, 1.82) is 0 Å². The Bertz CT molecular complexity index is 671. The summed E-state index contributed by atoms with van der Waals surface area (Å²) in [6.45, 7) is 8.42. The summed E-state index contributed by atoms with van der Waals surface area (Å²) in [6.07, 6.45) is 2.74. The van der Waals surface area contributed by atoms with E-state index in [0.29, 0.717) is 18.7 Å². The van der Waals surface area contributed by atoms with E-state index in [9.17, 15) is 8.78 Å². The SMILES string of the molecule is CC(C)N1CCCC2CN(C3COC(c4cc(F)ccc4F)C(N)C3)CC21. The van der Waals surface area contributed by atoms with E-state index in [1.165, 1.54) is 25.5 Å². The van der Waals surface area contributed by atoms with Gasteiger partial charge in [-0.25, -0.2) is 8.78 Å². The van der Waals surface area contributed by atoms with Crippen molar-refractivity contribution in [2.75, 3.05) is 26.2 Å². The van der Waals surface area contributed by atoms with Gasteiger partial charge in [0, 0.05) is 42.8 Å². The van der Waals surface area contributed by atoms with E-state index in [2.05, 4.69) is 23.6 Å². The summed E-state index contributed by atoms with van der Waals surface area (Å²) in [6, 6.07) is 4.61. The lowest BCUT2D eigenvalue weighted by atomic mass is 9.91. The third-order valence-corrected chi connectivity index (χ3v) is 6.70. The lowest BCUT2D eigenvalue weighted by Crippen LogP contribution is -2.50. The fourth-order valence-electron chi connectivity index (χ4n) is 5.34. The van der Waals surface area contributed by atoms with Gasteiger partial charge in [0.05, 0.1) is 6.61 Å². The monoisotopic (exact) mass is 379 g/mol. The zero-order valence-electron chi connectivity index (χ0n) is 16.3. The van der Waals surface area contributed by atoms with Crippen molar-refractivity contribution in [2.24, 2.45) is 11.7 Å². The number of likely N-dealkylation sites (tertiary alicyclic amines) is 2. The summed E-state index contributed by atoms with van der Waals surface area (Å²) in [5.41, 5.74) is 6.60. The Morgan fingerprint density at radius 2 is 2.04 bits per heavy atom. The number of halogens is 2. The Balaban J connectivity index is 1.42. The molecule has 0 radical (unpaired) electrons. The van der Waals surface area contributed by atoms with Gasteiger partial charge in [-0.05, 0) is 63.8 Å². The molecule has 5 atom stereocenters. The van der Waals surface area contributed by atoms with Crippen molar-refractivity contribution < 1.29 is 13.5 Å². The number of rotatable bonds is 3. The highest BCUT2D eigenvalue weighted by Gasteiger charge is 2.44. The Kier molecular flexibility index (Phi) is 5.52. The topological polar surface area (TPSA) is 41.7 Å². The van der Waals surface area contributed by atoms with E-state index in [4.69, 9.17) is 10.5 Å². The molecule has 3 fully saturated rings. The lowest BCUT2D eigenvalue weighted by Gasteiger charge is -2.40. The van der Waals surface area contributed by atoms with Crippen molar-refractivity contribution in [3.05, 3.63) is 35.4 Å². The van der Waals surface area contributed by atoms with Crippen LogP contribution in [-0.4, -0.2) is 60.2 Å². The molecule has 2 N–H and O–H groups in total. The molecule has 3 heterocycles. The van der Waals surface area contributed by atoms with Gasteiger partial charge in [-0.15, -0.1) is 0 Å². The zero-order valence-corrected chi connectivity index (χ0v) is 16.3. The van der Waals surface area contributed by atoms with Crippen LogP contribution in [0.15, 0.2) is 18.2 Å². The standard InChI is InChI=1S/C21H31F2N3O/c1-13(2)26-7-3-4-14-10-25(11-20(14)26)16-9-19(24)21(27-12-16)17-8-15(22)5-6-18(17)23/h5-6,8,13-14,16,19-21H,3-4,7,9-12,24H2,1-2H3. The zero-order chi connectivity index (χ0) is 19.1. The van der Waals surface area contributed by atoms with Crippen LogP contribution in [0.3, 0.4) is 0 Å². The van der Waals surface area contributed by atoms with Gasteiger partial charge in [-0.1, -0.05) is 0 Å². The largest absolute Gasteiger partial charge is 0.370 e. The molecule has 4 rings (SSSR count). The summed E-state index contributed by atoms with van der Waals surface area (Å²) in [5.74, 6) is -0.187. The first-order valence-electron chi connectivity index (χ1n) is 10.3.